The van der Waals surface area contributed by atoms with Gasteiger partial charge in [-0.1, -0.05) is 35.7 Å². The third kappa shape index (κ3) is 5.55. The molecule has 0 saturated heterocycles. The van der Waals surface area contributed by atoms with Crippen LogP contribution >= 0.6 is 15.9 Å². The maximum absolute atomic E-state index is 11.4. The Kier molecular flexibility index (Phi) is 6.30. The molecule has 0 aromatic heterocycles. The van der Waals surface area contributed by atoms with Crippen molar-refractivity contribution in [1.29, 1.82) is 0 Å². The number of halogens is 1. The van der Waals surface area contributed by atoms with Gasteiger partial charge in [-0.3, -0.25) is 4.79 Å². The predicted octanol–water partition coefficient (Wildman–Crippen LogP) is 3.25. The quantitative estimate of drug-likeness (QED) is 0.585. The van der Waals surface area contributed by atoms with Crippen LogP contribution in [0, 0.1) is 5.92 Å². The largest absolute Gasteiger partial charge is 0.356 e. The molecular weight excluding hydrogens is 254 g/mol. The summed E-state index contributed by atoms with van der Waals surface area (Å²) in [6.45, 7) is 3.04. The first-order valence-electron chi connectivity index (χ1n) is 6.13. The summed E-state index contributed by atoms with van der Waals surface area (Å²) in [5.74, 6) is 0.936. The normalized spacial score (nSPS) is 25.5. The fraction of sp³-hybridized carbons (Fsp3) is 0.917. The topological polar surface area (TPSA) is 29.1 Å². The second kappa shape index (κ2) is 7.26. The molecule has 2 unspecified atom stereocenters. The van der Waals surface area contributed by atoms with Crippen LogP contribution in [0.1, 0.15) is 51.9 Å². The van der Waals surface area contributed by atoms with Crippen LogP contribution in [0.25, 0.3) is 0 Å². The molecule has 0 bridgehead atoms. The smallest absolute Gasteiger partial charge is 0.220 e. The Hall–Kier alpha value is -0.0500. The first kappa shape index (κ1) is 13.0. The predicted molar refractivity (Wildman–Crippen MR) is 67.2 cm³/mol. The highest BCUT2D eigenvalue weighted by Crippen LogP contribution is 2.29. The first-order valence-corrected chi connectivity index (χ1v) is 7.04. The van der Waals surface area contributed by atoms with Gasteiger partial charge in [0.25, 0.3) is 0 Å². The molecule has 0 heterocycles. The fourth-order valence-electron chi connectivity index (χ4n) is 2.08. The number of unbranched alkanes of at least 4 members (excludes halogenated alkanes) is 2. The van der Waals surface area contributed by atoms with E-state index >= 15 is 0 Å². The number of hydrogen-bond donors (Lipinski definition) is 1. The molecular formula is C12H22BrNO. The van der Waals surface area contributed by atoms with E-state index in [2.05, 4.69) is 28.2 Å². The SMILES string of the molecule is CCCCCC(=O)NCC1CCC(Br)C1. The number of amides is 1. The molecule has 1 fully saturated rings. The third-order valence-corrected chi connectivity index (χ3v) is 3.90. The van der Waals surface area contributed by atoms with Crippen molar-refractivity contribution in [3.63, 3.8) is 0 Å². The van der Waals surface area contributed by atoms with E-state index in [9.17, 15) is 4.79 Å². The minimum atomic E-state index is 0.237. The van der Waals surface area contributed by atoms with Crippen molar-refractivity contribution in [2.75, 3.05) is 6.54 Å². The Morgan fingerprint density at radius 3 is 2.80 bits per heavy atom. The van der Waals surface area contributed by atoms with Gasteiger partial charge in [0.05, 0.1) is 0 Å². The lowest BCUT2D eigenvalue weighted by molar-refractivity contribution is -0.121. The molecule has 1 saturated carbocycles. The van der Waals surface area contributed by atoms with Gasteiger partial charge in [0.1, 0.15) is 0 Å². The van der Waals surface area contributed by atoms with E-state index in [0.717, 1.165) is 13.0 Å². The van der Waals surface area contributed by atoms with E-state index in [4.69, 9.17) is 0 Å². The molecule has 0 aromatic carbocycles. The zero-order valence-electron chi connectivity index (χ0n) is 9.60. The van der Waals surface area contributed by atoms with Crippen LogP contribution in [0.3, 0.4) is 0 Å². The van der Waals surface area contributed by atoms with Gasteiger partial charge in [0, 0.05) is 17.8 Å². The average Bonchev–Trinajstić information content (AvgIpc) is 2.62. The second-order valence-electron chi connectivity index (χ2n) is 4.54. The van der Waals surface area contributed by atoms with Crippen LogP contribution in [0.4, 0.5) is 0 Å². The van der Waals surface area contributed by atoms with Crippen molar-refractivity contribution >= 4 is 21.8 Å². The van der Waals surface area contributed by atoms with Gasteiger partial charge in [-0.2, -0.15) is 0 Å². The zero-order chi connectivity index (χ0) is 11.1. The van der Waals surface area contributed by atoms with Gasteiger partial charge in [-0.25, -0.2) is 0 Å². The van der Waals surface area contributed by atoms with Crippen LogP contribution in [-0.4, -0.2) is 17.3 Å². The van der Waals surface area contributed by atoms with Crippen LogP contribution in [0.5, 0.6) is 0 Å². The van der Waals surface area contributed by atoms with Crippen molar-refractivity contribution in [2.24, 2.45) is 5.92 Å². The Morgan fingerprint density at radius 2 is 2.20 bits per heavy atom. The lowest BCUT2D eigenvalue weighted by Gasteiger charge is -2.10. The molecule has 1 aliphatic rings. The number of nitrogens with one attached hydrogen (secondary N) is 1. The summed E-state index contributed by atoms with van der Waals surface area (Å²) in [5, 5.41) is 3.04. The van der Waals surface area contributed by atoms with E-state index in [1.165, 1.54) is 32.1 Å². The number of hydrogen-bond acceptors (Lipinski definition) is 1. The number of alkyl halides is 1. The molecule has 1 aliphatic carbocycles. The lowest BCUT2D eigenvalue weighted by Crippen LogP contribution is -2.28. The second-order valence-corrected chi connectivity index (χ2v) is 5.83. The monoisotopic (exact) mass is 275 g/mol. The van der Waals surface area contributed by atoms with E-state index in [0.29, 0.717) is 17.2 Å². The summed E-state index contributed by atoms with van der Waals surface area (Å²) in [6, 6.07) is 0. The maximum atomic E-state index is 11.4. The molecule has 1 N–H and O–H groups in total. The van der Waals surface area contributed by atoms with Gasteiger partial charge in [-0.05, 0) is 31.6 Å². The molecule has 88 valence electrons. The Bertz CT molecular complexity index is 196. The summed E-state index contributed by atoms with van der Waals surface area (Å²) in [4.78, 5) is 12.1. The van der Waals surface area contributed by atoms with Crippen LogP contribution in [0.15, 0.2) is 0 Å². The Balaban J connectivity index is 2.01. The fourth-order valence-corrected chi connectivity index (χ4v) is 2.87. The highest BCUT2D eigenvalue weighted by molar-refractivity contribution is 9.09. The maximum Gasteiger partial charge on any atom is 0.220 e. The van der Waals surface area contributed by atoms with Gasteiger partial charge in [-0.15, -0.1) is 0 Å². The van der Waals surface area contributed by atoms with Crippen molar-refractivity contribution in [3.8, 4) is 0 Å². The van der Waals surface area contributed by atoms with E-state index < -0.39 is 0 Å². The van der Waals surface area contributed by atoms with Crippen LogP contribution < -0.4 is 5.32 Å². The van der Waals surface area contributed by atoms with Crippen molar-refractivity contribution < 1.29 is 4.79 Å². The Morgan fingerprint density at radius 1 is 1.40 bits per heavy atom. The van der Waals surface area contributed by atoms with Gasteiger partial charge >= 0.3 is 0 Å². The molecule has 2 atom stereocenters. The Labute approximate surface area is 101 Å². The number of carbonyl (C=O) groups is 1. The van der Waals surface area contributed by atoms with Gasteiger partial charge in [0.2, 0.25) is 5.91 Å². The number of rotatable bonds is 6. The summed E-state index contributed by atoms with van der Waals surface area (Å²) < 4.78 is 0. The molecule has 0 aliphatic heterocycles. The standard InChI is InChI=1S/C12H22BrNO/c1-2-3-4-5-12(15)14-9-10-6-7-11(13)8-10/h10-11H,2-9H2,1H3,(H,14,15). The minimum absolute atomic E-state index is 0.237. The first-order chi connectivity index (χ1) is 7.22. The van der Waals surface area contributed by atoms with Crippen molar-refractivity contribution in [3.05, 3.63) is 0 Å². The van der Waals surface area contributed by atoms with Crippen molar-refractivity contribution in [2.45, 2.75) is 56.7 Å². The minimum Gasteiger partial charge on any atom is -0.356 e. The molecule has 0 radical (unpaired) electrons. The van der Waals surface area contributed by atoms with E-state index in [-0.39, 0.29) is 5.91 Å². The summed E-state index contributed by atoms with van der Waals surface area (Å²) in [7, 11) is 0. The average molecular weight is 276 g/mol. The highest BCUT2D eigenvalue weighted by Gasteiger charge is 2.22. The lowest BCUT2D eigenvalue weighted by atomic mass is 10.1. The zero-order valence-corrected chi connectivity index (χ0v) is 11.2. The van der Waals surface area contributed by atoms with Gasteiger partial charge < -0.3 is 5.32 Å². The molecule has 0 aromatic rings. The molecule has 1 amide bonds. The highest BCUT2D eigenvalue weighted by atomic mass is 79.9. The molecule has 15 heavy (non-hydrogen) atoms. The van der Waals surface area contributed by atoms with Crippen LogP contribution in [-0.2, 0) is 4.79 Å². The molecule has 2 nitrogen and oxygen atoms in total. The van der Waals surface area contributed by atoms with E-state index in [1.807, 2.05) is 0 Å². The third-order valence-electron chi connectivity index (χ3n) is 3.07. The summed E-state index contributed by atoms with van der Waals surface area (Å²) in [6.07, 6.45) is 7.82. The molecule has 3 heteroatoms. The van der Waals surface area contributed by atoms with Gasteiger partial charge in [0.15, 0.2) is 0 Å². The molecule has 0 spiro atoms. The number of carbonyl (C=O) groups excluding carboxylic acids is 1. The molecule has 1 rings (SSSR count). The van der Waals surface area contributed by atoms with E-state index in [1.54, 1.807) is 0 Å². The van der Waals surface area contributed by atoms with Crippen molar-refractivity contribution in [1.82, 2.24) is 5.32 Å². The van der Waals surface area contributed by atoms with Crippen LogP contribution in [0.2, 0.25) is 0 Å². The summed E-state index contributed by atoms with van der Waals surface area (Å²) >= 11 is 3.62. The summed E-state index contributed by atoms with van der Waals surface area (Å²) in [5.41, 5.74) is 0.